The molecule has 21 heavy (non-hydrogen) atoms. The highest BCUT2D eigenvalue weighted by atomic mass is 35.5. The van der Waals surface area contributed by atoms with Gasteiger partial charge < -0.3 is 4.57 Å². The van der Waals surface area contributed by atoms with Gasteiger partial charge in [-0.15, -0.1) is 0 Å². The van der Waals surface area contributed by atoms with Crippen molar-refractivity contribution in [3.63, 3.8) is 0 Å². The summed E-state index contributed by atoms with van der Waals surface area (Å²) >= 11 is 11.7. The summed E-state index contributed by atoms with van der Waals surface area (Å²) in [7, 11) is 1.56. The molecule has 106 valence electrons. The van der Waals surface area contributed by atoms with Crippen LogP contribution in [0.25, 0.3) is 22.2 Å². The van der Waals surface area contributed by atoms with Gasteiger partial charge in [0.15, 0.2) is 5.52 Å². The number of benzene rings is 1. The zero-order valence-electron chi connectivity index (χ0n) is 10.8. The van der Waals surface area contributed by atoms with Crippen molar-refractivity contribution in [2.24, 2.45) is 7.05 Å². The van der Waals surface area contributed by atoms with Crippen LogP contribution in [0, 0.1) is 5.82 Å². The maximum absolute atomic E-state index is 14.1. The first kappa shape index (κ1) is 14.0. The van der Waals surface area contributed by atoms with Gasteiger partial charge >= 0.3 is 0 Å². The number of hydrogen-bond acceptors (Lipinski definition) is 3. The molecular weight excluding hydrogens is 316 g/mol. The first-order valence-electron chi connectivity index (χ1n) is 5.94. The topological polar surface area (TPSA) is 47.8 Å². The van der Waals surface area contributed by atoms with E-state index in [2.05, 4.69) is 9.97 Å². The van der Waals surface area contributed by atoms with Gasteiger partial charge in [-0.2, -0.15) is 0 Å². The smallest absolute Gasteiger partial charge is 0.279 e. The van der Waals surface area contributed by atoms with Crippen LogP contribution in [0.1, 0.15) is 0 Å². The van der Waals surface area contributed by atoms with E-state index in [0.29, 0.717) is 11.1 Å². The molecule has 0 amide bonds. The first-order chi connectivity index (χ1) is 9.97. The highest BCUT2D eigenvalue weighted by Gasteiger charge is 2.15. The van der Waals surface area contributed by atoms with Gasteiger partial charge in [-0.1, -0.05) is 23.2 Å². The summed E-state index contributed by atoms with van der Waals surface area (Å²) < 4.78 is 15.4. The Balaban J connectivity index is 2.42. The molecule has 0 radical (unpaired) electrons. The molecule has 0 N–H and O–H groups in total. The number of halogens is 3. The average Bonchev–Trinajstić information content (AvgIpc) is 2.43. The molecule has 4 nitrogen and oxygen atoms in total. The fourth-order valence-corrected chi connectivity index (χ4v) is 2.42. The van der Waals surface area contributed by atoms with Crippen molar-refractivity contribution < 1.29 is 4.39 Å². The summed E-state index contributed by atoms with van der Waals surface area (Å²) in [4.78, 5) is 20.2. The summed E-state index contributed by atoms with van der Waals surface area (Å²) in [6.07, 6.45) is 1.36. The first-order valence-corrected chi connectivity index (χ1v) is 6.70. The van der Waals surface area contributed by atoms with E-state index in [4.69, 9.17) is 23.2 Å². The van der Waals surface area contributed by atoms with Crippen molar-refractivity contribution in [1.82, 2.24) is 14.5 Å². The standard InChI is InChI=1S/C14H8Cl2FN3O/c1-20-6-18-12-9(5-11(16)19-13(12)14(20)21)8-3-2-7(15)4-10(8)17/h2-6H,1H3. The highest BCUT2D eigenvalue weighted by Crippen LogP contribution is 2.30. The zero-order chi connectivity index (χ0) is 15.1. The summed E-state index contributed by atoms with van der Waals surface area (Å²) in [6.45, 7) is 0. The van der Waals surface area contributed by atoms with E-state index < -0.39 is 5.82 Å². The maximum Gasteiger partial charge on any atom is 0.279 e. The fourth-order valence-electron chi connectivity index (χ4n) is 2.06. The highest BCUT2D eigenvalue weighted by molar-refractivity contribution is 6.31. The molecule has 2 aromatic heterocycles. The summed E-state index contributed by atoms with van der Waals surface area (Å²) in [5.74, 6) is -0.520. The summed E-state index contributed by atoms with van der Waals surface area (Å²) in [5, 5.41) is 0.376. The molecule has 0 spiro atoms. The van der Waals surface area contributed by atoms with Crippen molar-refractivity contribution >= 4 is 34.2 Å². The second-order valence-corrected chi connectivity index (χ2v) is 5.30. The van der Waals surface area contributed by atoms with Crippen LogP contribution in [0.3, 0.4) is 0 Å². The molecule has 0 unspecified atom stereocenters. The number of hydrogen-bond donors (Lipinski definition) is 0. The number of rotatable bonds is 1. The molecule has 1 aromatic carbocycles. The number of aromatic nitrogens is 3. The molecule has 0 bridgehead atoms. The van der Waals surface area contributed by atoms with Gasteiger partial charge in [-0.3, -0.25) is 4.79 Å². The predicted octanol–water partition coefficient (Wildman–Crippen LogP) is 3.44. The minimum atomic E-state index is -0.520. The molecule has 2 heterocycles. The van der Waals surface area contributed by atoms with Gasteiger partial charge in [-0.05, 0) is 24.3 Å². The lowest BCUT2D eigenvalue weighted by Crippen LogP contribution is -2.18. The largest absolute Gasteiger partial charge is 0.301 e. The summed E-state index contributed by atoms with van der Waals surface area (Å²) in [6, 6.07) is 5.74. The Morgan fingerprint density at radius 1 is 1.14 bits per heavy atom. The maximum atomic E-state index is 14.1. The van der Waals surface area contributed by atoms with Crippen molar-refractivity contribution in [1.29, 1.82) is 0 Å². The Morgan fingerprint density at radius 2 is 1.90 bits per heavy atom. The third-order valence-electron chi connectivity index (χ3n) is 3.07. The Bertz CT molecular complexity index is 924. The van der Waals surface area contributed by atoms with E-state index in [1.807, 2.05) is 0 Å². The monoisotopic (exact) mass is 323 g/mol. The quantitative estimate of drug-likeness (QED) is 0.644. The van der Waals surface area contributed by atoms with E-state index in [1.165, 1.54) is 29.1 Å². The van der Waals surface area contributed by atoms with Crippen LogP contribution in [0.5, 0.6) is 0 Å². The lowest BCUT2D eigenvalue weighted by Gasteiger charge is -2.08. The minimum Gasteiger partial charge on any atom is -0.301 e. The van der Waals surface area contributed by atoms with Gasteiger partial charge in [0.1, 0.15) is 16.5 Å². The fraction of sp³-hybridized carbons (Fsp3) is 0.0714. The van der Waals surface area contributed by atoms with Crippen LogP contribution in [-0.4, -0.2) is 14.5 Å². The lowest BCUT2D eigenvalue weighted by molar-refractivity contribution is 0.631. The summed E-state index contributed by atoms with van der Waals surface area (Å²) in [5.41, 5.74) is 0.699. The van der Waals surface area contributed by atoms with Gasteiger partial charge in [0.25, 0.3) is 5.56 Å². The zero-order valence-corrected chi connectivity index (χ0v) is 12.3. The Labute approximate surface area is 128 Å². The average molecular weight is 324 g/mol. The molecule has 0 atom stereocenters. The van der Waals surface area contributed by atoms with E-state index in [-0.39, 0.29) is 26.8 Å². The third-order valence-corrected chi connectivity index (χ3v) is 3.49. The van der Waals surface area contributed by atoms with E-state index in [0.717, 1.165) is 0 Å². The molecule has 3 aromatic rings. The third kappa shape index (κ3) is 2.39. The van der Waals surface area contributed by atoms with Crippen LogP contribution < -0.4 is 5.56 Å². The van der Waals surface area contributed by atoms with Crippen LogP contribution in [0.15, 0.2) is 35.4 Å². The molecule has 0 fully saturated rings. The SMILES string of the molecule is Cn1cnc2c(-c3ccc(Cl)cc3F)cc(Cl)nc2c1=O. The lowest BCUT2D eigenvalue weighted by atomic mass is 10.0. The number of fused-ring (bicyclic) bond motifs is 1. The van der Waals surface area contributed by atoms with Crippen molar-refractivity contribution in [3.05, 3.63) is 56.9 Å². The van der Waals surface area contributed by atoms with Crippen molar-refractivity contribution in [2.75, 3.05) is 0 Å². The Morgan fingerprint density at radius 3 is 2.62 bits per heavy atom. The number of pyridine rings is 1. The normalized spacial score (nSPS) is 11.0. The van der Waals surface area contributed by atoms with Crippen LogP contribution in [-0.2, 0) is 7.05 Å². The molecule has 0 saturated carbocycles. The Kier molecular flexibility index (Phi) is 3.39. The molecule has 0 aliphatic rings. The van der Waals surface area contributed by atoms with E-state index in [1.54, 1.807) is 13.1 Å². The molecular formula is C14H8Cl2FN3O. The predicted molar refractivity (Wildman–Crippen MR) is 80.2 cm³/mol. The number of aryl methyl sites for hydroxylation is 1. The Hall–Kier alpha value is -1.98. The van der Waals surface area contributed by atoms with Crippen LogP contribution in [0.4, 0.5) is 4.39 Å². The van der Waals surface area contributed by atoms with Crippen LogP contribution >= 0.6 is 23.2 Å². The van der Waals surface area contributed by atoms with E-state index in [9.17, 15) is 9.18 Å². The van der Waals surface area contributed by atoms with Gasteiger partial charge in [0.05, 0.1) is 6.33 Å². The second kappa shape index (κ2) is 5.09. The van der Waals surface area contributed by atoms with Crippen molar-refractivity contribution in [3.8, 4) is 11.1 Å². The second-order valence-electron chi connectivity index (χ2n) is 4.47. The van der Waals surface area contributed by atoms with Gasteiger partial charge in [0, 0.05) is 23.2 Å². The van der Waals surface area contributed by atoms with E-state index >= 15 is 0 Å². The molecule has 0 aliphatic carbocycles. The molecule has 0 aliphatic heterocycles. The van der Waals surface area contributed by atoms with Crippen molar-refractivity contribution in [2.45, 2.75) is 0 Å². The van der Waals surface area contributed by atoms with Crippen LogP contribution in [0.2, 0.25) is 10.2 Å². The number of nitrogens with zero attached hydrogens (tertiary/aromatic N) is 3. The molecule has 7 heteroatoms. The molecule has 0 saturated heterocycles. The minimum absolute atomic E-state index is 0.0943. The van der Waals surface area contributed by atoms with Gasteiger partial charge in [0.2, 0.25) is 0 Å². The van der Waals surface area contributed by atoms with Gasteiger partial charge in [-0.25, -0.2) is 14.4 Å². The molecule has 3 rings (SSSR count).